The molecule has 0 radical (unpaired) electrons. The van der Waals surface area contributed by atoms with Crippen molar-refractivity contribution in [3.8, 4) is 11.5 Å². The lowest BCUT2D eigenvalue weighted by Crippen LogP contribution is -2.23. The van der Waals surface area contributed by atoms with E-state index in [-0.39, 0.29) is 6.10 Å². The molecule has 148 valence electrons. The Morgan fingerprint density at radius 1 is 1.14 bits per heavy atom. The summed E-state index contributed by atoms with van der Waals surface area (Å²) in [4.78, 5) is 5.92. The topological polar surface area (TPSA) is 39.7 Å². The number of furan rings is 1. The van der Waals surface area contributed by atoms with Crippen LogP contribution in [-0.4, -0.2) is 17.3 Å². The lowest BCUT2D eigenvalue weighted by Gasteiger charge is -2.13. The zero-order valence-electron chi connectivity index (χ0n) is 16.5. The molecule has 1 fully saturated rings. The number of nitrogens with zero attached hydrogens (tertiary/aromatic N) is 2. The van der Waals surface area contributed by atoms with Crippen molar-refractivity contribution in [1.29, 1.82) is 0 Å². The van der Waals surface area contributed by atoms with E-state index in [0.717, 1.165) is 65.3 Å². The van der Waals surface area contributed by atoms with Crippen molar-refractivity contribution in [3.05, 3.63) is 70.3 Å². The van der Waals surface area contributed by atoms with Gasteiger partial charge in [0.1, 0.15) is 5.58 Å². The van der Waals surface area contributed by atoms with Crippen LogP contribution in [0.3, 0.4) is 0 Å². The average molecular weight is 405 g/mol. The fraction of sp³-hybridized carbons (Fsp3) is 0.292. The second-order valence-electron chi connectivity index (χ2n) is 7.43. The number of fused-ring (bicyclic) bond motifs is 1. The fourth-order valence-electron chi connectivity index (χ4n) is 3.81. The molecular formula is C24H24N2O2S. The van der Waals surface area contributed by atoms with Crippen LogP contribution in [0.1, 0.15) is 25.3 Å². The Bertz CT molecular complexity index is 1140. The molecule has 0 N–H and O–H groups in total. The number of aromatic nitrogens is 1. The molecule has 2 aromatic heterocycles. The van der Waals surface area contributed by atoms with Crippen molar-refractivity contribution in [2.75, 3.05) is 6.61 Å². The quantitative estimate of drug-likeness (QED) is 0.413. The van der Waals surface area contributed by atoms with E-state index in [4.69, 9.17) is 14.1 Å². The molecule has 0 amide bonds. The number of para-hydroxylation sites is 1. The molecule has 4 aromatic rings. The number of aryl methyl sites for hydroxylation is 1. The summed E-state index contributed by atoms with van der Waals surface area (Å²) >= 11 is 1.65. The van der Waals surface area contributed by atoms with Crippen molar-refractivity contribution in [3.63, 3.8) is 0 Å². The third-order valence-corrected chi connectivity index (χ3v) is 6.32. The summed E-state index contributed by atoms with van der Waals surface area (Å²) in [6, 6.07) is 18.7. The third kappa shape index (κ3) is 3.80. The number of thiazole rings is 1. The van der Waals surface area contributed by atoms with Gasteiger partial charge in [-0.1, -0.05) is 37.3 Å². The van der Waals surface area contributed by atoms with Crippen LogP contribution < -0.4 is 4.80 Å². The highest BCUT2D eigenvalue weighted by Crippen LogP contribution is 2.29. The van der Waals surface area contributed by atoms with Crippen LogP contribution in [0.4, 0.5) is 5.69 Å². The highest BCUT2D eigenvalue weighted by Gasteiger charge is 2.20. The van der Waals surface area contributed by atoms with Gasteiger partial charge in [-0.2, -0.15) is 0 Å². The molecule has 1 unspecified atom stereocenters. The fourth-order valence-corrected chi connectivity index (χ4v) is 4.73. The van der Waals surface area contributed by atoms with E-state index < -0.39 is 0 Å². The first kappa shape index (κ1) is 18.4. The molecule has 1 saturated heterocycles. The lowest BCUT2D eigenvalue weighted by atomic mass is 10.2. The van der Waals surface area contributed by atoms with Crippen LogP contribution in [-0.2, 0) is 17.7 Å². The summed E-state index contributed by atoms with van der Waals surface area (Å²) in [7, 11) is 0. The predicted octanol–water partition coefficient (Wildman–Crippen LogP) is 5.94. The standard InChI is InChI=1S/C24H24N2O2S/c1-2-17-9-11-19(12-10-17)25-24-26(15-20-7-5-13-27-20)21(16-29-24)23-14-18-6-3-4-8-22(18)28-23/h3-4,6,8-12,14,16,20H,2,5,7,13,15H2,1H3. The second-order valence-corrected chi connectivity index (χ2v) is 8.27. The van der Waals surface area contributed by atoms with E-state index in [1.54, 1.807) is 11.3 Å². The molecule has 0 saturated carbocycles. The molecule has 4 nitrogen and oxygen atoms in total. The SMILES string of the molecule is CCc1ccc(N=c2scc(-c3cc4ccccc4o3)n2CC2CCCO2)cc1. The zero-order valence-corrected chi connectivity index (χ0v) is 17.3. The summed E-state index contributed by atoms with van der Waals surface area (Å²) in [5, 5.41) is 3.26. The normalized spacial score (nSPS) is 17.4. The van der Waals surface area contributed by atoms with Crippen molar-refractivity contribution >= 4 is 28.0 Å². The van der Waals surface area contributed by atoms with Crippen LogP contribution >= 0.6 is 11.3 Å². The summed E-state index contributed by atoms with van der Waals surface area (Å²) in [5.41, 5.74) is 4.27. The van der Waals surface area contributed by atoms with Crippen molar-refractivity contribution < 1.29 is 9.15 Å². The summed E-state index contributed by atoms with van der Waals surface area (Å²) in [5.74, 6) is 0.878. The Morgan fingerprint density at radius 3 is 2.76 bits per heavy atom. The largest absolute Gasteiger partial charge is 0.454 e. The molecule has 1 aliphatic rings. The van der Waals surface area contributed by atoms with Gasteiger partial charge in [-0.15, -0.1) is 11.3 Å². The lowest BCUT2D eigenvalue weighted by molar-refractivity contribution is 0.0967. The maximum atomic E-state index is 6.16. The molecule has 5 heteroatoms. The second kappa shape index (κ2) is 8.01. The van der Waals surface area contributed by atoms with Gasteiger partial charge < -0.3 is 13.7 Å². The summed E-state index contributed by atoms with van der Waals surface area (Å²) in [6.07, 6.45) is 3.48. The maximum absolute atomic E-state index is 6.16. The van der Waals surface area contributed by atoms with Crippen LogP contribution in [0, 0.1) is 0 Å². The molecule has 1 atom stereocenters. The van der Waals surface area contributed by atoms with Gasteiger partial charge in [0, 0.05) is 17.4 Å². The van der Waals surface area contributed by atoms with E-state index in [1.165, 1.54) is 5.56 Å². The first-order valence-electron chi connectivity index (χ1n) is 10.2. The first-order valence-corrected chi connectivity index (χ1v) is 11.1. The zero-order chi connectivity index (χ0) is 19.6. The smallest absolute Gasteiger partial charge is 0.190 e. The minimum atomic E-state index is 0.231. The van der Waals surface area contributed by atoms with Crippen LogP contribution in [0.5, 0.6) is 0 Å². The Kier molecular flexibility index (Phi) is 5.08. The van der Waals surface area contributed by atoms with Crippen LogP contribution in [0.15, 0.2) is 69.4 Å². The Balaban J connectivity index is 1.59. The van der Waals surface area contributed by atoms with Gasteiger partial charge in [-0.25, -0.2) is 4.99 Å². The van der Waals surface area contributed by atoms with Gasteiger partial charge in [-0.3, -0.25) is 0 Å². The first-order chi connectivity index (χ1) is 14.3. The molecule has 29 heavy (non-hydrogen) atoms. The number of ether oxygens (including phenoxy) is 1. The number of benzene rings is 2. The minimum Gasteiger partial charge on any atom is -0.454 e. The van der Waals surface area contributed by atoms with Gasteiger partial charge in [0.15, 0.2) is 10.6 Å². The molecule has 1 aliphatic heterocycles. The number of hydrogen-bond acceptors (Lipinski definition) is 4. The Morgan fingerprint density at radius 2 is 2.00 bits per heavy atom. The summed E-state index contributed by atoms with van der Waals surface area (Å²) < 4.78 is 14.3. The minimum absolute atomic E-state index is 0.231. The molecule has 3 heterocycles. The molecule has 2 aromatic carbocycles. The molecule has 0 aliphatic carbocycles. The monoisotopic (exact) mass is 404 g/mol. The Labute approximate surface area is 174 Å². The average Bonchev–Trinajstić information content (AvgIpc) is 3.49. The van der Waals surface area contributed by atoms with Gasteiger partial charge in [0.05, 0.1) is 24.0 Å². The molecule has 5 rings (SSSR count). The number of rotatable bonds is 5. The number of hydrogen-bond donors (Lipinski definition) is 0. The molecule has 0 bridgehead atoms. The highest BCUT2D eigenvalue weighted by molar-refractivity contribution is 7.07. The van der Waals surface area contributed by atoms with Crippen molar-refractivity contribution in [2.24, 2.45) is 4.99 Å². The van der Waals surface area contributed by atoms with E-state index in [9.17, 15) is 0 Å². The van der Waals surface area contributed by atoms with E-state index in [2.05, 4.69) is 53.3 Å². The molecular weight excluding hydrogens is 380 g/mol. The van der Waals surface area contributed by atoms with Gasteiger partial charge >= 0.3 is 0 Å². The van der Waals surface area contributed by atoms with E-state index >= 15 is 0 Å². The van der Waals surface area contributed by atoms with Gasteiger partial charge in [-0.05, 0) is 49.1 Å². The Hall–Kier alpha value is -2.63. The van der Waals surface area contributed by atoms with E-state index in [1.807, 2.05) is 18.2 Å². The van der Waals surface area contributed by atoms with Gasteiger partial charge in [0.25, 0.3) is 0 Å². The van der Waals surface area contributed by atoms with Crippen LogP contribution in [0.2, 0.25) is 0 Å². The van der Waals surface area contributed by atoms with Gasteiger partial charge in [0.2, 0.25) is 0 Å². The maximum Gasteiger partial charge on any atom is 0.190 e. The highest BCUT2D eigenvalue weighted by atomic mass is 32.1. The summed E-state index contributed by atoms with van der Waals surface area (Å²) in [6.45, 7) is 3.81. The van der Waals surface area contributed by atoms with Crippen molar-refractivity contribution in [2.45, 2.75) is 38.8 Å². The van der Waals surface area contributed by atoms with E-state index in [0.29, 0.717) is 0 Å². The predicted molar refractivity (Wildman–Crippen MR) is 118 cm³/mol. The van der Waals surface area contributed by atoms with Crippen LogP contribution in [0.25, 0.3) is 22.4 Å². The third-order valence-electron chi connectivity index (χ3n) is 5.46. The van der Waals surface area contributed by atoms with Crippen molar-refractivity contribution in [1.82, 2.24) is 4.57 Å². The molecule has 0 spiro atoms.